The van der Waals surface area contributed by atoms with E-state index in [1.165, 1.54) is 0 Å². The Balaban J connectivity index is 1.85. The van der Waals surface area contributed by atoms with E-state index in [4.69, 9.17) is 9.47 Å². The lowest BCUT2D eigenvalue weighted by atomic mass is 10.1. The first-order valence-corrected chi connectivity index (χ1v) is 7.05. The van der Waals surface area contributed by atoms with E-state index in [2.05, 4.69) is 6.58 Å². The topological polar surface area (TPSA) is 52.6 Å². The van der Waals surface area contributed by atoms with E-state index in [1.807, 2.05) is 20.8 Å². The third-order valence-electron chi connectivity index (χ3n) is 5.26. The van der Waals surface area contributed by atoms with Crippen LogP contribution in [0.3, 0.4) is 0 Å². The van der Waals surface area contributed by atoms with Crippen LogP contribution >= 0.6 is 0 Å². The molecule has 108 valence electrons. The van der Waals surface area contributed by atoms with Gasteiger partial charge in [-0.1, -0.05) is 19.9 Å². The van der Waals surface area contributed by atoms with Crippen LogP contribution in [0.15, 0.2) is 23.8 Å². The first-order chi connectivity index (χ1) is 9.36. The fourth-order valence-corrected chi connectivity index (χ4v) is 3.74. The summed E-state index contributed by atoms with van der Waals surface area (Å²) in [5.41, 5.74) is 0.670. The van der Waals surface area contributed by atoms with Gasteiger partial charge in [0.05, 0.1) is 12.7 Å². The summed E-state index contributed by atoms with van der Waals surface area (Å²) in [6.45, 7) is 10.1. The van der Waals surface area contributed by atoms with Crippen LogP contribution in [-0.4, -0.2) is 30.1 Å². The molecular weight excluding hydrogens is 256 g/mol. The third kappa shape index (κ3) is 1.46. The second kappa shape index (κ2) is 4.04. The number of cyclic esters (lactones) is 1. The predicted molar refractivity (Wildman–Crippen MR) is 73.0 cm³/mol. The second-order valence-electron chi connectivity index (χ2n) is 6.50. The van der Waals surface area contributed by atoms with Gasteiger partial charge in [-0.2, -0.15) is 0 Å². The van der Waals surface area contributed by atoms with E-state index in [0.29, 0.717) is 19.4 Å². The maximum absolute atomic E-state index is 12.1. The third-order valence-corrected chi connectivity index (χ3v) is 5.26. The van der Waals surface area contributed by atoms with Gasteiger partial charge in [0.2, 0.25) is 0 Å². The zero-order chi connectivity index (χ0) is 14.7. The molecular formula is C16H20O4. The van der Waals surface area contributed by atoms with Gasteiger partial charge < -0.3 is 9.47 Å². The van der Waals surface area contributed by atoms with Crippen molar-refractivity contribution < 1.29 is 19.1 Å². The Morgan fingerprint density at radius 2 is 2.15 bits per heavy atom. The predicted octanol–water partition coefficient (Wildman–Crippen LogP) is 2.19. The van der Waals surface area contributed by atoms with Crippen LogP contribution in [0.5, 0.6) is 0 Å². The summed E-state index contributed by atoms with van der Waals surface area (Å²) in [7, 11) is 0. The molecule has 0 aromatic heterocycles. The highest BCUT2D eigenvalue weighted by Crippen LogP contribution is 2.68. The lowest BCUT2D eigenvalue weighted by molar-refractivity contribution is -0.160. The number of ether oxygens (including phenoxy) is 2. The monoisotopic (exact) mass is 276 g/mol. The van der Waals surface area contributed by atoms with Gasteiger partial charge >= 0.3 is 5.97 Å². The van der Waals surface area contributed by atoms with Crippen LogP contribution < -0.4 is 0 Å². The molecule has 0 N–H and O–H groups in total. The van der Waals surface area contributed by atoms with Crippen LogP contribution in [0.1, 0.15) is 33.6 Å². The number of Topliss-reactive ketones (excluding diaryl/α,β-unsaturated/α-hetero) is 1. The molecule has 3 aliphatic rings. The van der Waals surface area contributed by atoms with Crippen molar-refractivity contribution in [3.05, 3.63) is 23.8 Å². The van der Waals surface area contributed by atoms with E-state index < -0.39 is 5.60 Å². The molecule has 2 unspecified atom stereocenters. The Labute approximate surface area is 118 Å². The van der Waals surface area contributed by atoms with Gasteiger partial charge in [-0.15, -0.1) is 6.58 Å². The van der Waals surface area contributed by atoms with Crippen LogP contribution in [0.25, 0.3) is 0 Å². The zero-order valence-corrected chi connectivity index (χ0v) is 12.2. The number of allylic oxidation sites excluding steroid dienone is 2. The van der Waals surface area contributed by atoms with E-state index in [9.17, 15) is 9.59 Å². The summed E-state index contributed by atoms with van der Waals surface area (Å²) in [5.74, 6) is -0.0658. The minimum atomic E-state index is -0.844. The highest BCUT2D eigenvalue weighted by molar-refractivity contribution is 6.00. The molecule has 1 heterocycles. The number of fused-ring (bicyclic) bond motifs is 1. The lowest BCUT2D eigenvalue weighted by Crippen LogP contribution is -2.35. The average Bonchev–Trinajstić information content (AvgIpc) is 2.62. The molecule has 0 radical (unpaired) electrons. The van der Waals surface area contributed by atoms with Crippen molar-refractivity contribution in [2.75, 3.05) is 6.61 Å². The standard InChI is InChI=1S/C16H20O4/c1-5-6-10-9(2)12(7-11(10)17)20-16-13(15(16,3)4)8-19-14(16)18/h5,12-13H,1,6-8H2,2-4H3/t12-,13?,16?/m1/s1. The molecule has 4 nitrogen and oxygen atoms in total. The fourth-order valence-electron chi connectivity index (χ4n) is 3.74. The molecule has 1 aliphatic heterocycles. The largest absolute Gasteiger partial charge is 0.463 e. The molecule has 2 aliphatic carbocycles. The number of esters is 1. The molecule has 0 spiro atoms. The molecule has 0 aromatic carbocycles. The summed E-state index contributed by atoms with van der Waals surface area (Å²) >= 11 is 0. The lowest BCUT2D eigenvalue weighted by Gasteiger charge is -2.22. The molecule has 0 bridgehead atoms. The normalized spacial score (nSPS) is 38.0. The van der Waals surface area contributed by atoms with E-state index in [0.717, 1.165) is 11.1 Å². The summed E-state index contributed by atoms with van der Waals surface area (Å²) < 4.78 is 11.3. The molecule has 1 saturated carbocycles. The van der Waals surface area contributed by atoms with Crippen molar-refractivity contribution >= 4 is 11.8 Å². The van der Waals surface area contributed by atoms with Gasteiger partial charge in [0.15, 0.2) is 11.4 Å². The van der Waals surface area contributed by atoms with Crippen molar-refractivity contribution in [3.8, 4) is 0 Å². The second-order valence-corrected chi connectivity index (χ2v) is 6.50. The Bertz CT molecular complexity index is 543. The van der Waals surface area contributed by atoms with Crippen LogP contribution in [-0.2, 0) is 19.1 Å². The summed E-state index contributed by atoms with van der Waals surface area (Å²) in [4.78, 5) is 24.1. The number of carbonyl (C=O) groups excluding carboxylic acids is 2. The molecule has 4 heteroatoms. The molecule has 3 atom stereocenters. The van der Waals surface area contributed by atoms with Gasteiger partial charge in [-0.25, -0.2) is 4.79 Å². The smallest absolute Gasteiger partial charge is 0.339 e. The van der Waals surface area contributed by atoms with Gasteiger partial charge in [-0.3, -0.25) is 4.79 Å². The van der Waals surface area contributed by atoms with Crippen LogP contribution in [0.4, 0.5) is 0 Å². The van der Waals surface area contributed by atoms with Gasteiger partial charge in [0.1, 0.15) is 0 Å². The Kier molecular flexibility index (Phi) is 2.74. The average molecular weight is 276 g/mol. The number of carbonyl (C=O) groups is 2. The minimum Gasteiger partial charge on any atom is -0.463 e. The number of hydrogen-bond acceptors (Lipinski definition) is 4. The van der Waals surface area contributed by atoms with Gasteiger partial charge in [-0.05, 0) is 18.9 Å². The number of hydrogen-bond donors (Lipinski definition) is 0. The van der Waals surface area contributed by atoms with E-state index >= 15 is 0 Å². The first kappa shape index (κ1) is 13.6. The first-order valence-electron chi connectivity index (χ1n) is 7.05. The Morgan fingerprint density at radius 3 is 2.70 bits per heavy atom. The van der Waals surface area contributed by atoms with Gasteiger partial charge in [0.25, 0.3) is 0 Å². The molecule has 20 heavy (non-hydrogen) atoms. The van der Waals surface area contributed by atoms with E-state index in [-0.39, 0.29) is 29.2 Å². The summed E-state index contributed by atoms with van der Waals surface area (Å²) in [6, 6.07) is 0. The minimum absolute atomic E-state index is 0.102. The maximum Gasteiger partial charge on any atom is 0.339 e. The summed E-state index contributed by atoms with van der Waals surface area (Å²) in [6.07, 6.45) is 2.32. The SMILES string of the molecule is C=CCC1=C(C)[C@H](OC23C(=O)OCC2C3(C)C)CC1=O. The Morgan fingerprint density at radius 1 is 1.45 bits per heavy atom. The highest BCUT2D eigenvalue weighted by Gasteiger charge is 2.82. The molecule has 0 amide bonds. The Hall–Kier alpha value is -1.42. The molecule has 1 saturated heterocycles. The van der Waals surface area contributed by atoms with Crippen molar-refractivity contribution in [2.45, 2.75) is 45.3 Å². The fraction of sp³-hybridized carbons (Fsp3) is 0.625. The number of ketones is 1. The van der Waals surface area contributed by atoms with Crippen molar-refractivity contribution in [1.82, 2.24) is 0 Å². The van der Waals surface area contributed by atoms with Gasteiger partial charge in [0, 0.05) is 23.3 Å². The molecule has 0 aromatic rings. The quantitative estimate of drug-likeness (QED) is 0.583. The molecule has 2 fully saturated rings. The van der Waals surface area contributed by atoms with Crippen LogP contribution in [0, 0.1) is 11.3 Å². The summed E-state index contributed by atoms with van der Waals surface area (Å²) in [5, 5.41) is 0. The highest BCUT2D eigenvalue weighted by atomic mass is 16.6. The maximum atomic E-state index is 12.1. The van der Waals surface area contributed by atoms with Crippen molar-refractivity contribution in [3.63, 3.8) is 0 Å². The van der Waals surface area contributed by atoms with Crippen LogP contribution in [0.2, 0.25) is 0 Å². The number of rotatable bonds is 4. The van der Waals surface area contributed by atoms with Crippen molar-refractivity contribution in [2.24, 2.45) is 11.3 Å². The van der Waals surface area contributed by atoms with Crippen molar-refractivity contribution in [1.29, 1.82) is 0 Å². The zero-order valence-electron chi connectivity index (χ0n) is 12.2. The van der Waals surface area contributed by atoms with E-state index in [1.54, 1.807) is 6.08 Å². The molecule has 3 rings (SSSR count).